The van der Waals surface area contributed by atoms with Crippen LogP contribution in [0.15, 0.2) is 64.1 Å². The fourth-order valence-corrected chi connectivity index (χ4v) is 2.14. The number of aliphatic hydroxyl groups is 1. The molecule has 8 heteroatoms. The third kappa shape index (κ3) is 4.50. The molecule has 0 saturated heterocycles. The van der Waals surface area contributed by atoms with Crippen molar-refractivity contribution in [3.05, 3.63) is 75.2 Å². The summed E-state index contributed by atoms with van der Waals surface area (Å²) >= 11 is 0. The minimum atomic E-state index is -0.669. The molecular weight excluding hydrogens is 336 g/mol. The minimum absolute atomic E-state index is 0.0111. The number of aryl methyl sites for hydroxylation is 2. The molecule has 2 aromatic carbocycles. The smallest absolute Gasteiger partial charge is 0.296 e. The molecular formula is C18H18N4O4. The molecule has 134 valence electrons. The van der Waals surface area contributed by atoms with Crippen molar-refractivity contribution >= 4 is 23.0 Å². The summed E-state index contributed by atoms with van der Waals surface area (Å²) in [4.78, 5) is 22.9. The molecule has 1 amide bonds. The first-order valence-corrected chi connectivity index (χ1v) is 7.73. The summed E-state index contributed by atoms with van der Waals surface area (Å²) in [5, 5.41) is 31.0. The quantitative estimate of drug-likeness (QED) is 0.265. The molecule has 0 bridgehead atoms. The number of rotatable bonds is 5. The summed E-state index contributed by atoms with van der Waals surface area (Å²) in [6, 6.07) is 11.5. The molecule has 26 heavy (non-hydrogen) atoms. The lowest BCUT2D eigenvalue weighted by atomic mass is 10.2. The summed E-state index contributed by atoms with van der Waals surface area (Å²) in [7, 11) is 0. The van der Waals surface area contributed by atoms with Crippen LogP contribution in [0.4, 0.5) is 17.1 Å². The summed E-state index contributed by atoms with van der Waals surface area (Å²) in [5.74, 6) is -1.02. The van der Waals surface area contributed by atoms with E-state index in [4.69, 9.17) is 0 Å². The molecule has 0 atom stereocenters. The molecule has 0 fully saturated rings. The number of benzene rings is 2. The Hall–Kier alpha value is -3.55. The first kappa shape index (κ1) is 18.8. The van der Waals surface area contributed by atoms with Gasteiger partial charge in [-0.25, -0.2) is 0 Å². The Balaban J connectivity index is 2.31. The number of allylic oxidation sites excluding steroid dienone is 1. The molecule has 0 heterocycles. The number of nitro benzene ring substituents is 1. The van der Waals surface area contributed by atoms with E-state index in [1.807, 2.05) is 19.1 Å². The average molecular weight is 354 g/mol. The van der Waals surface area contributed by atoms with Crippen molar-refractivity contribution < 1.29 is 14.8 Å². The fraction of sp³-hybridized carbons (Fsp3) is 0.167. The Kier molecular flexibility index (Phi) is 5.79. The van der Waals surface area contributed by atoms with Gasteiger partial charge in [0.2, 0.25) is 0 Å². The van der Waals surface area contributed by atoms with Crippen LogP contribution >= 0.6 is 0 Å². The van der Waals surface area contributed by atoms with Gasteiger partial charge in [0.1, 0.15) is 5.76 Å². The van der Waals surface area contributed by atoms with Crippen molar-refractivity contribution in [1.29, 1.82) is 0 Å². The van der Waals surface area contributed by atoms with Crippen LogP contribution in [0.3, 0.4) is 0 Å². The van der Waals surface area contributed by atoms with Crippen molar-refractivity contribution in [2.45, 2.75) is 20.8 Å². The van der Waals surface area contributed by atoms with E-state index in [9.17, 15) is 20.0 Å². The molecule has 2 aromatic rings. The average Bonchev–Trinajstić information content (AvgIpc) is 2.57. The number of nitrogens with one attached hydrogen (secondary N) is 1. The zero-order chi connectivity index (χ0) is 19.3. The van der Waals surface area contributed by atoms with Gasteiger partial charge < -0.3 is 10.4 Å². The molecule has 0 unspecified atom stereocenters. The highest BCUT2D eigenvalue weighted by molar-refractivity contribution is 6.04. The van der Waals surface area contributed by atoms with E-state index in [1.54, 1.807) is 25.1 Å². The molecule has 2 rings (SSSR count). The Morgan fingerprint density at radius 3 is 2.50 bits per heavy atom. The number of nitro groups is 1. The molecule has 0 spiro atoms. The number of para-hydroxylation sites is 1. The maximum Gasteiger partial charge on any atom is 0.296 e. The highest BCUT2D eigenvalue weighted by Crippen LogP contribution is 2.29. The maximum absolute atomic E-state index is 12.4. The molecule has 0 saturated carbocycles. The van der Waals surface area contributed by atoms with Crippen molar-refractivity contribution in [1.82, 2.24) is 0 Å². The van der Waals surface area contributed by atoms with Gasteiger partial charge in [0.15, 0.2) is 11.4 Å². The van der Waals surface area contributed by atoms with Gasteiger partial charge in [-0.2, -0.15) is 0 Å². The molecule has 0 aliphatic heterocycles. The Labute approximate surface area is 150 Å². The van der Waals surface area contributed by atoms with E-state index in [1.165, 1.54) is 19.1 Å². The zero-order valence-electron chi connectivity index (χ0n) is 14.6. The van der Waals surface area contributed by atoms with Crippen LogP contribution in [0, 0.1) is 24.0 Å². The van der Waals surface area contributed by atoms with Gasteiger partial charge in [0.25, 0.3) is 11.6 Å². The number of carbonyl (C=O) groups excluding carboxylic acids is 1. The van der Waals surface area contributed by atoms with Gasteiger partial charge >= 0.3 is 0 Å². The molecule has 0 aliphatic rings. The van der Waals surface area contributed by atoms with Crippen LogP contribution in [-0.2, 0) is 4.79 Å². The van der Waals surface area contributed by atoms with E-state index in [0.717, 1.165) is 5.56 Å². The molecule has 8 nitrogen and oxygen atoms in total. The molecule has 0 aliphatic carbocycles. The van der Waals surface area contributed by atoms with Crippen molar-refractivity contribution in [3.8, 4) is 0 Å². The lowest BCUT2D eigenvalue weighted by Crippen LogP contribution is -2.15. The van der Waals surface area contributed by atoms with E-state index in [2.05, 4.69) is 15.5 Å². The highest BCUT2D eigenvalue weighted by atomic mass is 16.6. The SMILES string of the molecule is CC(O)=C(N=Nc1ccc(C)cc1[N+](=O)[O-])C(=O)Nc1ccccc1C. The van der Waals surface area contributed by atoms with Gasteiger partial charge in [0.05, 0.1) is 4.92 Å². The number of amides is 1. The first-order valence-electron chi connectivity index (χ1n) is 7.73. The largest absolute Gasteiger partial charge is 0.510 e. The number of carbonyl (C=O) groups is 1. The topological polar surface area (TPSA) is 117 Å². The highest BCUT2D eigenvalue weighted by Gasteiger charge is 2.17. The third-order valence-corrected chi connectivity index (χ3v) is 3.54. The van der Waals surface area contributed by atoms with E-state index < -0.39 is 10.8 Å². The van der Waals surface area contributed by atoms with Gasteiger partial charge in [-0.1, -0.05) is 24.3 Å². The van der Waals surface area contributed by atoms with Crippen molar-refractivity contribution in [3.63, 3.8) is 0 Å². The van der Waals surface area contributed by atoms with E-state index in [-0.39, 0.29) is 22.8 Å². The summed E-state index contributed by atoms with van der Waals surface area (Å²) in [6.45, 7) is 4.82. The standard InChI is InChI=1S/C18H18N4O4/c1-11-8-9-15(16(10-11)22(25)26)20-21-17(13(3)23)18(24)19-14-7-5-4-6-12(14)2/h4-10,23H,1-3H3,(H,19,24). The Morgan fingerprint density at radius 1 is 1.19 bits per heavy atom. The van der Waals surface area contributed by atoms with Gasteiger partial charge in [-0.3, -0.25) is 14.9 Å². The van der Waals surface area contributed by atoms with Gasteiger partial charge in [-0.05, 0) is 44.0 Å². The normalized spacial score (nSPS) is 12.0. The Bertz CT molecular complexity index is 915. The number of hydrogen-bond acceptors (Lipinski definition) is 6. The number of anilines is 1. The van der Waals surface area contributed by atoms with E-state index >= 15 is 0 Å². The second-order valence-electron chi connectivity index (χ2n) is 5.65. The van der Waals surface area contributed by atoms with Crippen molar-refractivity contribution in [2.75, 3.05) is 5.32 Å². The van der Waals surface area contributed by atoms with Crippen LogP contribution in [0.25, 0.3) is 0 Å². The van der Waals surface area contributed by atoms with Crippen LogP contribution in [-0.4, -0.2) is 15.9 Å². The summed E-state index contributed by atoms with van der Waals surface area (Å²) in [6.07, 6.45) is 0. The lowest BCUT2D eigenvalue weighted by Gasteiger charge is -2.08. The minimum Gasteiger partial charge on any atom is -0.510 e. The van der Waals surface area contributed by atoms with Gasteiger partial charge in [-0.15, -0.1) is 10.2 Å². The van der Waals surface area contributed by atoms with Crippen molar-refractivity contribution in [2.24, 2.45) is 10.2 Å². The predicted molar refractivity (Wildman–Crippen MR) is 97.5 cm³/mol. The number of aliphatic hydroxyl groups excluding tert-OH is 1. The summed E-state index contributed by atoms with van der Waals surface area (Å²) < 4.78 is 0. The second kappa shape index (κ2) is 8.02. The molecule has 2 N–H and O–H groups in total. The fourth-order valence-electron chi connectivity index (χ4n) is 2.14. The first-order chi connectivity index (χ1) is 12.3. The second-order valence-corrected chi connectivity index (χ2v) is 5.65. The lowest BCUT2D eigenvalue weighted by molar-refractivity contribution is -0.384. The molecule has 0 aromatic heterocycles. The van der Waals surface area contributed by atoms with Crippen LogP contribution < -0.4 is 5.32 Å². The van der Waals surface area contributed by atoms with Crippen LogP contribution in [0.2, 0.25) is 0 Å². The van der Waals surface area contributed by atoms with Crippen LogP contribution in [0.1, 0.15) is 18.1 Å². The number of azo groups is 1. The summed E-state index contributed by atoms with van der Waals surface area (Å²) in [5.41, 5.74) is 1.52. The predicted octanol–water partition coefficient (Wildman–Crippen LogP) is 4.72. The van der Waals surface area contributed by atoms with Crippen LogP contribution in [0.5, 0.6) is 0 Å². The monoisotopic (exact) mass is 354 g/mol. The van der Waals surface area contributed by atoms with E-state index in [0.29, 0.717) is 11.3 Å². The zero-order valence-corrected chi connectivity index (χ0v) is 14.6. The Morgan fingerprint density at radius 2 is 1.88 bits per heavy atom. The molecule has 0 radical (unpaired) electrons. The maximum atomic E-state index is 12.4. The van der Waals surface area contributed by atoms with Gasteiger partial charge in [0, 0.05) is 11.8 Å². The number of nitrogens with zero attached hydrogens (tertiary/aromatic N) is 3. The third-order valence-electron chi connectivity index (χ3n) is 3.54. The number of hydrogen-bond donors (Lipinski definition) is 2.